The topological polar surface area (TPSA) is 51.2 Å². The van der Waals surface area contributed by atoms with Gasteiger partial charge in [0.1, 0.15) is 21.4 Å². The Morgan fingerprint density at radius 2 is 0.946 bits per heavy atom. The molecule has 2 aliphatic rings. The second kappa shape index (κ2) is 13.9. The second-order valence-electron chi connectivity index (χ2n) is 17.3. The smallest absolute Gasteiger partial charge is 0.109 e. The first-order valence-corrected chi connectivity index (χ1v) is 29.8. The van der Waals surface area contributed by atoms with E-state index in [1.807, 2.05) is 76.4 Å². The van der Waals surface area contributed by atoms with Crippen molar-refractivity contribution in [3.8, 4) is 22.3 Å². The molecule has 0 bridgehead atoms. The highest BCUT2D eigenvalue weighted by Gasteiger charge is 2.35. The number of hydrogen-bond donors (Lipinski definition) is 0. The average Bonchev–Trinajstić information content (AvgIpc) is 3.15. The van der Waals surface area contributed by atoms with E-state index in [2.05, 4.69) is 117 Å². The van der Waals surface area contributed by atoms with Gasteiger partial charge < -0.3 is 13.7 Å². The number of hydrogen-bond acceptors (Lipinski definition) is 3. The molecule has 0 N–H and O–H groups in total. The Bertz CT molecular complexity index is 2800. The van der Waals surface area contributed by atoms with Crippen LogP contribution in [0.15, 0.2) is 127 Å². The number of benzene rings is 6. The molecule has 0 amide bonds. The summed E-state index contributed by atoms with van der Waals surface area (Å²) in [5.41, 5.74) is 11.7. The van der Waals surface area contributed by atoms with Gasteiger partial charge in [0.25, 0.3) is 0 Å². The molecular weight excluding hydrogens is 760 g/mol. The minimum atomic E-state index is -2.43. The quantitative estimate of drug-likeness (QED) is 0.144. The summed E-state index contributed by atoms with van der Waals surface area (Å²) in [6.07, 6.45) is 11.6. The minimum Gasteiger partial charge on any atom is -0.319 e. The van der Waals surface area contributed by atoms with Crippen LogP contribution in [-0.4, -0.2) is 59.6 Å². The van der Waals surface area contributed by atoms with Crippen molar-refractivity contribution in [2.24, 2.45) is 0 Å². The molecule has 6 aromatic carbocycles. The van der Waals surface area contributed by atoms with E-state index in [1.54, 1.807) is 0 Å². The van der Waals surface area contributed by atoms with E-state index in [4.69, 9.17) is 0 Å². The Labute approximate surface area is 333 Å². The number of allylic oxidation sites excluding steroid dienone is 2. The van der Waals surface area contributed by atoms with Crippen molar-refractivity contribution in [2.75, 3.05) is 53.3 Å². The van der Waals surface area contributed by atoms with E-state index in [0.717, 1.165) is 43.7 Å². The molecule has 0 aliphatic heterocycles. The van der Waals surface area contributed by atoms with Crippen molar-refractivity contribution in [3.63, 3.8) is 0 Å². The van der Waals surface area contributed by atoms with Gasteiger partial charge in [-0.15, -0.1) is 0 Å². The average molecular weight is 811 g/mol. The normalized spacial score (nSPS) is 16.9. The lowest BCUT2D eigenvalue weighted by Crippen LogP contribution is -2.19. The summed E-state index contributed by atoms with van der Waals surface area (Å²) in [6.45, 7) is 14.0. The van der Waals surface area contributed by atoms with Gasteiger partial charge in [-0.05, 0) is 131 Å². The molecular formula is C49H50O3P4. The van der Waals surface area contributed by atoms with E-state index >= 15 is 0 Å². The Morgan fingerprint density at radius 1 is 0.482 bits per heavy atom. The Kier molecular flexibility index (Phi) is 9.63. The SMILES string of the molecule is C=P(C)(C)c1ccc(-c2cc(-c3ccc(P(C)(C)=O)cc3)c3ccc4c5c3c2C=CC5C(c2ccc(P(C)(C)=O)cc2)C=C4c2ccc(P(C)(C)=O)cc2)cc1. The van der Waals surface area contributed by atoms with Gasteiger partial charge in [-0.2, -0.15) is 0 Å². The maximum Gasteiger partial charge on any atom is 0.109 e. The Morgan fingerprint density at radius 3 is 1.45 bits per heavy atom. The zero-order chi connectivity index (χ0) is 39.9. The highest BCUT2D eigenvalue weighted by atomic mass is 31.2. The Balaban J connectivity index is 1.42. The van der Waals surface area contributed by atoms with Crippen molar-refractivity contribution < 1.29 is 13.7 Å². The molecule has 8 rings (SSSR count). The van der Waals surface area contributed by atoms with Crippen molar-refractivity contribution in [1.29, 1.82) is 0 Å². The van der Waals surface area contributed by atoms with Gasteiger partial charge in [0.15, 0.2) is 0 Å². The van der Waals surface area contributed by atoms with Gasteiger partial charge in [-0.25, -0.2) is 0 Å². The highest BCUT2D eigenvalue weighted by Crippen LogP contribution is 2.54. The fraction of sp³-hybridized carbons (Fsp3) is 0.204. The number of rotatable bonds is 8. The van der Waals surface area contributed by atoms with Gasteiger partial charge >= 0.3 is 0 Å². The molecule has 2 atom stereocenters. The molecule has 2 unspecified atom stereocenters. The molecule has 2 aliphatic carbocycles. The summed E-state index contributed by atoms with van der Waals surface area (Å²) < 4.78 is 39.1. The maximum atomic E-state index is 13.1. The molecule has 0 fully saturated rings. The summed E-state index contributed by atoms with van der Waals surface area (Å²) >= 11 is 0. The molecule has 0 saturated carbocycles. The van der Waals surface area contributed by atoms with Crippen LogP contribution in [0.5, 0.6) is 0 Å². The van der Waals surface area contributed by atoms with Crippen LogP contribution in [0.25, 0.3) is 44.7 Å². The van der Waals surface area contributed by atoms with E-state index in [-0.39, 0.29) is 11.8 Å². The van der Waals surface area contributed by atoms with Gasteiger partial charge in [0.2, 0.25) is 0 Å². The van der Waals surface area contributed by atoms with E-state index in [0.29, 0.717) is 0 Å². The molecule has 0 spiro atoms. The molecule has 3 nitrogen and oxygen atoms in total. The summed E-state index contributed by atoms with van der Waals surface area (Å²) in [5, 5.41) is 6.35. The van der Waals surface area contributed by atoms with Crippen molar-refractivity contribution in [1.82, 2.24) is 0 Å². The molecule has 6 aromatic rings. The maximum absolute atomic E-state index is 13.1. The predicted molar refractivity (Wildman–Crippen MR) is 252 cm³/mol. The van der Waals surface area contributed by atoms with Crippen molar-refractivity contribution in [3.05, 3.63) is 155 Å². The molecule has 0 aromatic heterocycles. The van der Waals surface area contributed by atoms with E-state index in [9.17, 15) is 13.7 Å². The molecule has 0 saturated heterocycles. The zero-order valence-electron chi connectivity index (χ0n) is 33.6. The van der Waals surface area contributed by atoms with E-state index < -0.39 is 28.3 Å². The van der Waals surface area contributed by atoms with Gasteiger partial charge in [0.05, 0.1) is 0 Å². The Hall–Kier alpha value is -3.95. The fourth-order valence-electron chi connectivity index (χ4n) is 8.42. The predicted octanol–water partition coefficient (Wildman–Crippen LogP) is 11.6. The summed E-state index contributed by atoms with van der Waals surface area (Å²) in [7, 11) is -7.27. The highest BCUT2D eigenvalue weighted by molar-refractivity contribution is 7.79. The third-order valence-electron chi connectivity index (χ3n) is 11.6. The van der Waals surface area contributed by atoms with Crippen molar-refractivity contribution in [2.45, 2.75) is 11.8 Å². The van der Waals surface area contributed by atoms with Crippen molar-refractivity contribution >= 4 is 78.3 Å². The molecule has 7 heteroatoms. The monoisotopic (exact) mass is 810 g/mol. The first-order chi connectivity index (χ1) is 26.3. The third-order valence-corrected chi connectivity index (χ3v) is 17.9. The first-order valence-electron chi connectivity index (χ1n) is 19.1. The molecule has 56 heavy (non-hydrogen) atoms. The zero-order valence-corrected chi connectivity index (χ0v) is 37.2. The first kappa shape index (κ1) is 38.9. The lowest BCUT2D eigenvalue weighted by Gasteiger charge is -2.36. The fourth-order valence-corrected chi connectivity index (χ4v) is 12.0. The van der Waals surface area contributed by atoms with Crippen LogP contribution in [0.1, 0.15) is 39.7 Å². The lowest BCUT2D eigenvalue weighted by molar-refractivity contribution is 0.587. The van der Waals surface area contributed by atoms with Crippen LogP contribution in [0.4, 0.5) is 0 Å². The van der Waals surface area contributed by atoms with Crippen LogP contribution in [0.2, 0.25) is 0 Å². The van der Waals surface area contributed by atoms with Gasteiger partial charge in [-0.1, -0.05) is 141 Å². The molecule has 284 valence electrons. The summed E-state index contributed by atoms with van der Waals surface area (Å²) in [5.74, 6) is 0.0854. The van der Waals surface area contributed by atoms with Gasteiger partial charge in [0, 0.05) is 27.7 Å². The largest absolute Gasteiger partial charge is 0.319 e. The summed E-state index contributed by atoms with van der Waals surface area (Å²) in [6, 6.07) is 40.9. The van der Waals surface area contributed by atoms with Crippen LogP contribution in [0.3, 0.4) is 0 Å². The standard InChI is InChI=1S/C49H50O3P4/c1-53(2,3)36-18-10-32(11-19-36)44-30-45(33-12-20-37(21-13-33)54(4,5)50)41-28-29-43-47(35-16-24-39(25-17-35)56(8,9)52)31-46(42-27-26-40(44)48(41)49(42)43)34-14-22-38(23-15-34)55(6,7)51/h10-31,42,46H,1H2,2-9H3. The van der Waals surface area contributed by atoms with Gasteiger partial charge in [-0.3, -0.25) is 0 Å². The van der Waals surface area contributed by atoms with Crippen LogP contribution in [0, 0.1) is 0 Å². The minimum absolute atomic E-state index is 0.0231. The lowest BCUT2D eigenvalue weighted by atomic mass is 9.67. The van der Waals surface area contributed by atoms with Crippen LogP contribution < -0.4 is 21.2 Å². The second-order valence-corrected chi connectivity index (χ2v) is 30.8. The third kappa shape index (κ3) is 7.12. The molecule has 0 heterocycles. The van der Waals surface area contributed by atoms with Crippen LogP contribution in [-0.2, 0) is 13.7 Å². The van der Waals surface area contributed by atoms with Crippen LogP contribution >= 0.6 is 28.3 Å². The van der Waals surface area contributed by atoms with E-state index in [1.165, 1.54) is 43.9 Å². The molecule has 0 radical (unpaired) electrons. The summed E-state index contributed by atoms with van der Waals surface area (Å²) in [4.78, 5) is 0.